The van der Waals surface area contributed by atoms with Crippen molar-refractivity contribution in [1.29, 1.82) is 0 Å². The number of hydrogen-bond donors (Lipinski definition) is 1. The van der Waals surface area contributed by atoms with Gasteiger partial charge in [-0.05, 0) is 0 Å². The summed E-state index contributed by atoms with van der Waals surface area (Å²) in [4.78, 5) is 2.22. The third kappa shape index (κ3) is 4.45. The van der Waals surface area contributed by atoms with E-state index in [0.29, 0.717) is 15.0 Å². The molecule has 0 heterocycles. The quantitative estimate of drug-likeness (QED) is 0.778. The van der Waals surface area contributed by atoms with Crippen LogP contribution in [0.3, 0.4) is 0 Å². The fourth-order valence-corrected chi connectivity index (χ4v) is 5.28. The van der Waals surface area contributed by atoms with Crippen LogP contribution in [-0.4, -0.2) is 41.6 Å². The second kappa shape index (κ2) is 7.58. The predicted octanol–water partition coefficient (Wildman–Crippen LogP) is 0.880. The molecule has 0 saturated heterocycles. The van der Waals surface area contributed by atoms with Crippen molar-refractivity contribution in [2.45, 2.75) is 0 Å². The molecule has 0 unspecified atom stereocenters. The summed E-state index contributed by atoms with van der Waals surface area (Å²) in [7, 11) is 0. The summed E-state index contributed by atoms with van der Waals surface area (Å²) >= 11 is 0.558. The summed E-state index contributed by atoms with van der Waals surface area (Å²) in [6.07, 6.45) is 0. The molecule has 0 atom stereocenters. The van der Waals surface area contributed by atoms with Gasteiger partial charge in [-0.1, -0.05) is 0 Å². The van der Waals surface area contributed by atoms with Gasteiger partial charge < -0.3 is 0 Å². The van der Waals surface area contributed by atoms with Crippen molar-refractivity contribution in [3.63, 3.8) is 0 Å². The Morgan fingerprint density at radius 3 is 2.00 bits per heavy atom. The molecular weight excluding hydrogens is 354 g/mol. The molecule has 3 heteroatoms. The van der Waals surface area contributed by atoms with Gasteiger partial charge in [-0.2, -0.15) is 0 Å². The van der Waals surface area contributed by atoms with E-state index < -0.39 is 0 Å². The van der Waals surface area contributed by atoms with Gasteiger partial charge in [-0.25, -0.2) is 0 Å². The molecule has 0 aromatic heterocycles. The Bertz CT molecular complexity index is 494. The van der Waals surface area contributed by atoms with E-state index in [1.807, 2.05) is 12.1 Å². The van der Waals surface area contributed by atoms with Crippen LogP contribution in [0, 0.1) is 0 Å². The SMILES string of the molecule is OC/C(=C\[Se]c1ccccc1)[Se]c1ccccc1. The van der Waals surface area contributed by atoms with E-state index in [9.17, 15) is 5.11 Å². The Kier molecular flexibility index (Phi) is 5.73. The maximum atomic E-state index is 9.42. The van der Waals surface area contributed by atoms with Crippen LogP contribution in [0.2, 0.25) is 0 Å². The minimum atomic E-state index is 0.170. The first-order valence-electron chi connectivity index (χ1n) is 5.63. The van der Waals surface area contributed by atoms with E-state index in [2.05, 4.69) is 53.5 Å². The second-order valence-electron chi connectivity index (χ2n) is 3.59. The van der Waals surface area contributed by atoms with E-state index >= 15 is 0 Å². The average molecular weight is 368 g/mol. The van der Waals surface area contributed by atoms with Crippen LogP contribution in [0.15, 0.2) is 70.1 Å². The minimum absolute atomic E-state index is 0.170. The summed E-state index contributed by atoms with van der Waals surface area (Å²) in [6, 6.07) is 20.8. The van der Waals surface area contributed by atoms with Crippen LogP contribution in [0.5, 0.6) is 0 Å². The Morgan fingerprint density at radius 1 is 0.889 bits per heavy atom. The summed E-state index contributed by atoms with van der Waals surface area (Å²) in [6.45, 7) is 0.170. The van der Waals surface area contributed by atoms with Gasteiger partial charge in [0.15, 0.2) is 0 Å². The zero-order valence-electron chi connectivity index (χ0n) is 9.82. The molecule has 0 saturated carbocycles. The Hall–Kier alpha value is -0.821. The molecule has 0 fully saturated rings. The monoisotopic (exact) mass is 370 g/mol. The van der Waals surface area contributed by atoms with Gasteiger partial charge in [0.05, 0.1) is 0 Å². The Morgan fingerprint density at radius 2 is 1.44 bits per heavy atom. The van der Waals surface area contributed by atoms with Crippen LogP contribution in [0.4, 0.5) is 0 Å². The first kappa shape index (κ1) is 13.6. The normalized spacial score (nSPS) is 11.5. The Labute approximate surface area is 120 Å². The van der Waals surface area contributed by atoms with E-state index in [1.165, 1.54) is 8.92 Å². The molecule has 2 aromatic rings. The number of aliphatic hydroxyl groups is 1. The summed E-state index contributed by atoms with van der Waals surface area (Å²) in [5.41, 5.74) is 0. The molecule has 1 N–H and O–H groups in total. The number of benzene rings is 2. The zero-order chi connectivity index (χ0) is 12.6. The third-order valence-electron chi connectivity index (χ3n) is 2.22. The van der Waals surface area contributed by atoms with Gasteiger partial charge in [0.25, 0.3) is 0 Å². The molecule has 0 bridgehead atoms. The molecule has 2 aromatic carbocycles. The van der Waals surface area contributed by atoms with E-state index in [4.69, 9.17) is 0 Å². The molecule has 0 amide bonds. The van der Waals surface area contributed by atoms with Gasteiger partial charge in [0.2, 0.25) is 0 Å². The Balaban J connectivity index is 2.00. The summed E-state index contributed by atoms with van der Waals surface area (Å²) in [5, 5.41) is 9.42. The van der Waals surface area contributed by atoms with Crippen molar-refractivity contribution in [3.8, 4) is 0 Å². The molecule has 0 aliphatic heterocycles. The van der Waals surface area contributed by atoms with Gasteiger partial charge in [-0.15, -0.1) is 0 Å². The van der Waals surface area contributed by atoms with Gasteiger partial charge in [-0.3, -0.25) is 0 Å². The maximum absolute atomic E-state index is 9.42. The molecular formula is C15H14OSe2. The molecule has 18 heavy (non-hydrogen) atoms. The topological polar surface area (TPSA) is 20.2 Å². The first-order chi connectivity index (χ1) is 8.88. The van der Waals surface area contributed by atoms with E-state index in [-0.39, 0.29) is 21.6 Å². The molecule has 2 rings (SSSR count). The van der Waals surface area contributed by atoms with Crippen molar-refractivity contribution < 1.29 is 5.11 Å². The van der Waals surface area contributed by atoms with Crippen molar-refractivity contribution in [1.82, 2.24) is 0 Å². The zero-order valence-corrected chi connectivity index (χ0v) is 13.2. The van der Waals surface area contributed by atoms with Crippen LogP contribution >= 0.6 is 0 Å². The number of rotatable bonds is 5. The van der Waals surface area contributed by atoms with Crippen molar-refractivity contribution in [3.05, 3.63) is 70.1 Å². The molecule has 0 aliphatic rings. The van der Waals surface area contributed by atoms with Gasteiger partial charge in [0.1, 0.15) is 0 Å². The fourth-order valence-electron chi connectivity index (χ4n) is 1.37. The van der Waals surface area contributed by atoms with Crippen molar-refractivity contribution >= 4 is 38.8 Å². The summed E-state index contributed by atoms with van der Waals surface area (Å²) < 4.78 is 3.83. The number of aliphatic hydroxyl groups excluding tert-OH is 1. The van der Waals surface area contributed by atoms with Crippen LogP contribution in [0.1, 0.15) is 0 Å². The predicted molar refractivity (Wildman–Crippen MR) is 78.8 cm³/mol. The number of hydrogen-bond acceptors (Lipinski definition) is 1. The molecule has 0 radical (unpaired) electrons. The second-order valence-corrected chi connectivity index (χ2v) is 8.08. The molecule has 0 aliphatic carbocycles. The molecule has 0 spiro atoms. The third-order valence-corrected chi connectivity index (χ3v) is 7.09. The van der Waals surface area contributed by atoms with E-state index in [0.717, 1.165) is 4.47 Å². The van der Waals surface area contributed by atoms with Crippen LogP contribution in [-0.2, 0) is 0 Å². The van der Waals surface area contributed by atoms with Crippen molar-refractivity contribution in [2.24, 2.45) is 0 Å². The van der Waals surface area contributed by atoms with Gasteiger partial charge >= 0.3 is 121 Å². The summed E-state index contributed by atoms with van der Waals surface area (Å²) in [5.74, 6) is 0. The molecule has 92 valence electrons. The molecule has 1 nitrogen and oxygen atoms in total. The standard InChI is InChI=1S/C15H14OSe2/c16-11-15(18-14-9-5-2-6-10-14)12-17-13-7-3-1-4-8-13/h1-10,12,16H,11H2/b15-12+. The average Bonchev–Trinajstić information content (AvgIpc) is 2.45. The van der Waals surface area contributed by atoms with Gasteiger partial charge in [0, 0.05) is 0 Å². The first-order valence-corrected chi connectivity index (χ1v) is 9.19. The van der Waals surface area contributed by atoms with Crippen LogP contribution < -0.4 is 8.92 Å². The van der Waals surface area contributed by atoms with Crippen molar-refractivity contribution in [2.75, 3.05) is 6.61 Å². The van der Waals surface area contributed by atoms with E-state index in [1.54, 1.807) is 0 Å². The fraction of sp³-hybridized carbons (Fsp3) is 0.0667. The van der Waals surface area contributed by atoms with Crippen LogP contribution in [0.25, 0.3) is 0 Å².